The second-order valence-electron chi connectivity index (χ2n) is 4.20. The Morgan fingerprint density at radius 3 is 2.62 bits per heavy atom. The summed E-state index contributed by atoms with van der Waals surface area (Å²) in [6, 6.07) is 2.56. The van der Waals surface area contributed by atoms with Gasteiger partial charge in [0.1, 0.15) is 6.54 Å². The molecule has 0 radical (unpaired) electrons. The number of nitrogens with zero attached hydrogens (tertiary/aromatic N) is 2. The molecule has 0 aliphatic rings. The highest BCUT2D eigenvalue weighted by molar-refractivity contribution is 5.91. The molecule has 0 aliphatic heterocycles. The number of carbonyl (C=O) groups excluding carboxylic acids is 2. The Hall–Kier alpha value is -2.64. The average molecular weight is 295 g/mol. The summed E-state index contributed by atoms with van der Waals surface area (Å²) in [5.74, 6) is -1.47. The molecule has 1 rings (SSSR count). The number of pyridine rings is 1. The number of ether oxygens (including phenoxy) is 1. The van der Waals surface area contributed by atoms with Crippen LogP contribution in [-0.4, -0.2) is 53.2 Å². The average Bonchev–Trinajstić information content (AvgIpc) is 2.40. The number of aromatic nitrogens is 1. The molecule has 0 unspecified atom stereocenters. The van der Waals surface area contributed by atoms with E-state index >= 15 is 0 Å². The summed E-state index contributed by atoms with van der Waals surface area (Å²) in [6.07, 6.45) is 1.17. The van der Waals surface area contributed by atoms with Crippen molar-refractivity contribution >= 4 is 23.7 Å². The van der Waals surface area contributed by atoms with Gasteiger partial charge in [0.25, 0.3) is 0 Å². The van der Waals surface area contributed by atoms with Crippen molar-refractivity contribution in [2.75, 3.05) is 25.5 Å². The van der Waals surface area contributed by atoms with E-state index in [4.69, 9.17) is 9.84 Å². The fourth-order valence-corrected chi connectivity index (χ4v) is 1.45. The van der Waals surface area contributed by atoms with Crippen molar-refractivity contribution in [3.05, 3.63) is 24.0 Å². The first-order valence-electron chi connectivity index (χ1n) is 6.26. The van der Waals surface area contributed by atoms with E-state index in [9.17, 15) is 14.4 Å². The zero-order chi connectivity index (χ0) is 15.8. The highest BCUT2D eigenvalue weighted by atomic mass is 16.5. The molecule has 1 aromatic heterocycles. The van der Waals surface area contributed by atoms with Crippen molar-refractivity contribution in [2.24, 2.45) is 0 Å². The number of anilines is 1. The Bertz CT molecular complexity index is 515. The van der Waals surface area contributed by atoms with Gasteiger partial charge in [-0.15, -0.1) is 0 Å². The summed E-state index contributed by atoms with van der Waals surface area (Å²) < 4.78 is 4.74. The molecular weight excluding hydrogens is 278 g/mol. The second kappa shape index (κ2) is 7.83. The van der Waals surface area contributed by atoms with Crippen LogP contribution in [0.1, 0.15) is 12.6 Å². The number of carboxylic acids is 1. The Morgan fingerprint density at radius 1 is 1.38 bits per heavy atom. The molecule has 0 saturated heterocycles. The van der Waals surface area contributed by atoms with Gasteiger partial charge in [-0.2, -0.15) is 0 Å². The molecule has 8 nitrogen and oxygen atoms in total. The molecular formula is C13H17N3O5. The molecule has 0 aromatic carbocycles. The van der Waals surface area contributed by atoms with Crippen LogP contribution in [0.2, 0.25) is 0 Å². The summed E-state index contributed by atoms with van der Waals surface area (Å²) >= 11 is 0. The predicted molar refractivity (Wildman–Crippen MR) is 73.9 cm³/mol. The van der Waals surface area contributed by atoms with E-state index in [0.29, 0.717) is 11.4 Å². The molecule has 0 saturated carbocycles. The number of nitrogens with one attached hydrogen (secondary N) is 1. The van der Waals surface area contributed by atoms with Crippen LogP contribution in [0.3, 0.4) is 0 Å². The van der Waals surface area contributed by atoms with Gasteiger partial charge in [-0.25, -0.2) is 4.79 Å². The minimum Gasteiger partial charge on any atom is -0.481 e. The van der Waals surface area contributed by atoms with Gasteiger partial charge in [-0.1, -0.05) is 0 Å². The molecule has 1 aromatic rings. The third-order valence-electron chi connectivity index (χ3n) is 2.43. The number of urea groups is 1. The largest absolute Gasteiger partial charge is 0.481 e. The zero-order valence-electron chi connectivity index (χ0n) is 11.8. The first-order chi connectivity index (χ1) is 9.92. The lowest BCUT2D eigenvalue weighted by Crippen LogP contribution is -2.36. The topological polar surface area (TPSA) is 109 Å². The molecule has 114 valence electrons. The van der Waals surface area contributed by atoms with Crippen molar-refractivity contribution in [1.82, 2.24) is 9.88 Å². The summed E-state index contributed by atoms with van der Waals surface area (Å²) in [5.41, 5.74) is 0.797. The van der Waals surface area contributed by atoms with Crippen molar-refractivity contribution in [2.45, 2.75) is 13.3 Å². The number of hydrogen-bond donors (Lipinski definition) is 2. The van der Waals surface area contributed by atoms with Crippen LogP contribution in [0.4, 0.5) is 10.5 Å². The predicted octanol–water partition coefficient (Wildman–Crippen LogP) is 0.736. The van der Waals surface area contributed by atoms with Crippen LogP contribution in [0.25, 0.3) is 0 Å². The van der Waals surface area contributed by atoms with E-state index in [1.807, 2.05) is 0 Å². The lowest BCUT2D eigenvalue weighted by atomic mass is 10.2. The third kappa shape index (κ3) is 5.89. The van der Waals surface area contributed by atoms with Gasteiger partial charge in [0.15, 0.2) is 0 Å². The van der Waals surface area contributed by atoms with Crippen molar-refractivity contribution < 1.29 is 24.2 Å². The Balaban J connectivity index is 2.54. The number of aliphatic carboxylic acids is 1. The molecule has 2 amide bonds. The minimum atomic E-state index is -0.978. The smallest absolute Gasteiger partial charge is 0.325 e. The molecule has 0 spiro atoms. The second-order valence-corrected chi connectivity index (χ2v) is 4.20. The van der Waals surface area contributed by atoms with E-state index in [0.717, 1.165) is 0 Å². The van der Waals surface area contributed by atoms with Crippen LogP contribution in [0.5, 0.6) is 0 Å². The number of amides is 2. The molecule has 2 N–H and O–H groups in total. The fraction of sp³-hybridized carbons (Fsp3) is 0.385. The summed E-state index contributed by atoms with van der Waals surface area (Å²) in [7, 11) is 1.46. The molecule has 0 bridgehead atoms. The van der Waals surface area contributed by atoms with E-state index in [-0.39, 0.29) is 19.6 Å². The van der Waals surface area contributed by atoms with Crippen LogP contribution >= 0.6 is 0 Å². The molecule has 0 atom stereocenters. The molecule has 1 heterocycles. The van der Waals surface area contributed by atoms with Gasteiger partial charge in [0.05, 0.1) is 30.6 Å². The van der Waals surface area contributed by atoms with E-state index < -0.39 is 18.0 Å². The SMILES string of the molecule is CCOC(=O)CN(C)C(=O)Nc1ccc(CC(=O)O)nc1. The third-order valence-corrected chi connectivity index (χ3v) is 2.43. The number of esters is 1. The number of carboxylic acid groups (broad SMARTS) is 1. The quantitative estimate of drug-likeness (QED) is 0.749. The van der Waals surface area contributed by atoms with Crippen molar-refractivity contribution in [3.63, 3.8) is 0 Å². The Kier molecular flexibility index (Phi) is 6.12. The van der Waals surface area contributed by atoms with Crippen molar-refractivity contribution in [3.8, 4) is 0 Å². The maximum atomic E-state index is 11.8. The summed E-state index contributed by atoms with van der Waals surface area (Å²) in [4.78, 5) is 38.6. The fourth-order valence-electron chi connectivity index (χ4n) is 1.45. The monoisotopic (exact) mass is 295 g/mol. The lowest BCUT2D eigenvalue weighted by molar-refractivity contribution is -0.143. The van der Waals surface area contributed by atoms with Gasteiger partial charge in [-0.05, 0) is 19.1 Å². The normalized spacial score (nSPS) is 9.81. The van der Waals surface area contributed by atoms with Crippen LogP contribution in [0.15, 0.2) is 18.3 Å². The van der Waals surface area contributed by atoms with Crippen LogP contribution in [0, 0.1) is 0 Å². The highest BCUT2D eigenvalue weighted by Crippen LogP contribution is 2.07. The highest BCUT2D eigenvalue weighted by Gasteiger charge is 2.13. The molecule has 8 heteroatoms. The molecule has 21 heavy (non-hydrogen) atoms. The van der Waals surface area contributed by atoms with E-state index in [1.165, 1.54) is 24.2 Å². The zero-order valence-corrected chi connectivity index (χ0v) is 11.8. The minimum absolute atomic E-state index is 0.163. The Morgan fingerprint density at radius 2 is 2.10 bits per heavy atom. The maximum Gasteiger partial charge on any atom is 0.325 e. The van der Waals surface area contributed by atoms with Crippen molar-refractivity contribution in [1.29, 1.82) is 0 Å². The first-order valence-corrected chi connectivity index (χ1v) is 6.26. The number of likely N-dealkylation sites (N-methyl/N-ethyl adjacent to an activating group) is 1. The first kappa shape index (κ1) is 16.4. The van der Waals surface area contributed by atoms with Gasteiger partial charge in [0, 0.05) is 7.05 Å². The molecule has 0 aliphatic carbocycles. The van der Waals surface area contributed by atoms with E-state index in [1.54, 1.807) is 13.0 Å². The summed E-state index contributed by atoms with van der Waals surface area (Å²) in [5, 5.41) is 11.2. The number of hydrogen-bond acceptors (Lipinski definition) is 5. The van der Waals surface area contributed by atoms with Crippen LogP contribution < -0.4 is 5.32 Å². The maximum absolute atomic E-state index is 11.8. The van der Waals surface area contributed by atoms with E-state index in [2.05, 4.69) is 10.3 Å². The number of carbonyl (C=O) groups is 3. The Labute approximate surface area is 121 Å². The van der Waals surface area contributed by atoms with Crippen LogP contribution in [-0.2, 0) is 20.7 Å². The lowest BCUT2D eigenvalue weighted by Gasteiger charge is -2.16. The van der Waals surface area contributed by atoms with Gasteiger partial charge < -0.3 is 20.1 Å². The summed E-state index contributed by atoms with van der Waals surface area (Å²) in [6.45, 7) is 1.77. The number of rotatable bonds is 6. The standard InChI is InChI=1S/C13H17N3O5/c1-3-21-12(19)8-16(2)13(20)15-10-5-4-9(14-7-10)6-11(17)18/h4-5,7H,3,6,8H2,1-2H3,(H,15,20)(H,17,18). The molecule has 0 fully saturated rings. The van der Waals surface area contributed by atoms with Gasteiger partial charge >= 0.3 is 18.0 Å². The van der Waals surface area contributed by atoms with Gasteiger partial charge in [0.2, 0.25) is 0 Å². The van der Waals surface area contributed by atoms with Gasteiger partial charge in [-0.3, -0.25) is 14.6 Å².